The molecule has 0 amide bonds. The molecule has 1 aliphatic heterocycles. The quantitative estimate of drug-likeness (QED) is 0.449. The van der Waals surface area contributed by atoms with E-state index >= 15 is 0 Å². The predicted molar refractivity (Wildman–Crippen MR) is 109 cm³/mol. The molecule has 1 aliphatic rings. The minimum atomic E-state index is -1.23. The molecule has 1 N–H and O–H groups in total. The van der Waals surface area contributed by atoms with Crippen LogP contribution >= 0.6 is 0 Å². The van der Waals surface area contributed by atoms with Gasteiger partial charge in [0.05, 0.1) is 7.11 Å². The Morgan fingerprint density at radius 1 is 0.812 bits per heavy atom. The zero-order valence-corrected chi connectivity index (χ0v) is 18.5. The average Bonchev–Trinajstić information content (AvgIpc) is 2.70. The summed E-state index contributed by atoms with van der Waals surface area (Å²) in [6, 6.07) is 6.81. The number of anilines is 1. The van der Waals surface area contributed by atoms with E-state index in [0.717, 1.165) is 13.8 Å². The van der Waals surface area contributed by atoms with Gasteiger partial charge in [-0.05, 0) is 24.3 Å². The normalized spacial score (nSPS) is 24.6. The van der Waals surface area contributed by atoms with Gasteiger partial charge in [0.25, 0.3) is 0 Å². The van der Waals surface area contributed by atoms with Crippen LogP contribution in [0.3, 0.4) is 0 Å². The Hall–Kier alpha value is -3.34. The number of benzene rings is 1. The van der Waals surface area contributed by atoms with Crippen LogP contribution in [-0.4, -0.2) is 68.2 Å². The van der Waals surface area contributed by atoms with E-state index in [9.17, 15) is 19.2 Å². The summed E-state index contributed by atoms with van der Waals surface area (Å²) in [4.78, 5) is 46.7. The highest BCUT2D eigenvalue weighted by atomic mass is 16.7. The molecular weight excluding hydrogens is 426 g/mol. The van der Waals surface area contributed by atoms with Crippen LogP contribution in [0.4, 0.5) is 5.69 Å². The van der Waals surface area contributed by atoms with Crippen molar-refractivity contribution in [2.75, 3.05) is 19.0 Å². The summed E-state index contributed by atoms with van der Waals surface area (Å²) in [6.45, 7) is 4.43. The van der Waals surface area contributed by atoms with Crippen LogP contribution in [0.25, 0.3) is 0 Å². The molecule has 0 bridgehead atoms. The van der Waals surface area contributed by atoms with Crippen LogP contribution in [0, 0.1) is 0 Å². The first-order valence-corrected chi connectivity index (χ1v) is 9.81. The second-order valence-corrected chi connectivity index (χ2v) is 6.99. The number of hydrogen-bond donors (Lipinski definition) is 1. The number of rotatable bonds is 8. The molecule has 1 saturated heterocycles. The van der Waals surface area contributed by atoms with E-state index in [4.69, 9.17) is 28.4 Å². The third-order valence-corrected chi connectivity index (χ3v) is 4.39. The van der Waals surface area contributed by atoms with Crippen LogP contribution < -0.4 is 10.1 Å². The second-order valence-electron chi connectivity index (χ2n) is 6.99. The Balaban J connectivity index is 2.42. The molecule has 0 aromatic heterocycles. The van der Waals surface area contributed by atoms with Crippen molar-refractivity contribution >= 4 is 29.6 Å². The molecule has 11 heteroatoms. The molecular formula is C21H27NO10. The van der Waals surface area contributed by atoms with Crippen molar-refractivity contribution in [2.45, 2.75) is 58.3 Å². The maximum absolute atomic E-state index is 11.8. The van der Waals surface area contributed by atoms with E-state index in [0.29, 0.717) is 11.4 Å². The number of carbonyl (C=O) groups is 4. The number of nitrogens with one attached hydrogen (secondary N) is 1. The van der Waals surface area contributed by atoms with Gasteiger partial charge in [-0.1, -0.05) is 0 Å². The summed E-state index contributed by atoms with van der Waals surface area (Å²) < 4.78 is 32.2. The van der Waals surface area contributed by atoms with E-state index in [1.807, 2.05) is 0 Å². The van der Waals surface area contributed by atoms with Crippen LogP contribution in [0.5, 0.6) is 5.75 Å². The largest absolute Gasteiger partial charge is 0.497 e. The molecule has 1 fully saturated rings. The van der Waals surface area contributed by atoms with Gasteiger partial charge in [0.15, 0.2) is 24.5 Å². The summed E-state index contributed by atoms with van der Waals surface area (Å²) in [7, 11) is 1.53. The van der Waals surface area contributed by atoms with Crippen LogP contribution in [0.15, 0.2) is 24.3 Å². The topological polar surface area (TPSA) is 136 Å². The summed E-state index contributed by atoms with van der Waals surface area (Å²) in [5, 5.41) is 3.06. The van der Waals surface area contributed by atoms with Crippen LogP contribution in [0.1, 0.15) is 27.7 Å². The highest BCUT2D eigenvalue weighted by Gasteiger charge is 2.52. The van der Waals surface area contributed by atoms with Gasteiger partial charge in [0.1, 0.15) is 18.5 Å². The lowest BCUT2D eigenvalue weighted by molar-refractivity contribution is -0.247. The third-order valence-electron chi connectivity index (χ3n) is 4.39. The van der Waals surface area contributed by atoms with Gasteiger partial charge >= 0.3 is 23.9 Å². The molecule has 0 saturated carbocycles. The van der Waals surface area contributed by atoms with Gasteiger partial charge in [-0.15, -0.1) is 0 Å². The van der Waals surface area contributed by atoms with Crippen molar-refractivity contribution < 1.29 is 47.6 Å². The third kappa shape index (κ3) is 7.12. The highest BCUT2D eigenvalue weighted by molar-refractivity contribution is 5.69. The smallest absolute Gasteiger partial charge is 0.303 e. The van der Waals surface area contributed by atoms with E-state index < -0.39 is 54.5 Å². The van der Waals surface area contributed by atoms with Gasteiger partial charge < -0.3 is 33.7 Å². The Kier molecular flexibility index (Phi) is 8.82. The fourth-order valence-corrected chi connectivity index (χ4v) is 3.20. The maximum Gasteiger partial charge on any atom is 0.303 e. The minimum absolute atomic E-state index is 0.293. The van der Waals surface area contributed by atoms with Crippen LogP contribution in [-0.2, 0) is 42.9 Å². The number of esters is 4. The molecule has 32 heavy (non-hydrogen) atoms. The first kappa shape index (κ1) is 24.9. The average molecular weight is 453 g/mol. The molecule has 11 nitrogen and oxygen atoms in total. The van der Waals surface area contributed by atoms with Gasteiger partial charge in [0, 0.05) is 33.4 Å². The van der Waals surface area contributed by atoms with Gasteiger partial charge in [0.2, 0.25) is 0 Å². The summed E-state index contributed by atoms with van der Waals surface area (Å²) in [6.07, 6.45) is -5.67. The standard InChI is InChI=1S/C21H27NO10/c1-11(23)28-10-17-18(29-12(2)24)19(30-13(3)25)20(31-14(4)26)21(32-17)22-15-6-8-16(27-5)9-7-15/h6-9,17-22H,10H2,1-5H3/t17-,18-,19+,20-,21+/m1/s1. The summed E-state index contributed by atoms with van der Waals surface area (Å²) in [5.41, 5.74) is 0.576. The maximum atomic E-state index is 11.8. The Bertz CT molecular complexity index is 824. The minimum Gasteiger partial charge on any atom is -0.497 e. The monoisotopic (exact) mass is 453 g/mol. The summed E-state index contributed by atoms with van der Waals surface area (Å²) in [5.74, 6) is -2.01. The van der Waals surface area contributed by atoms with Crippen molar-refractivity contribution in [1.82, 2.24) is 0 Å². The van der Waals surface area contributed by atoms with Gasteiger partial charge in [-0.25, -0.2) is 0 Å². The molecule has 0 radical (unpaired) electrons. The second kappa shape index (κ2) is 11.3. The molecule has 176 valence electrons. The molecule has 2 rings (SSSR count). The number of ether oxygens (including phenoxy) is 6. The van der Waals surface area contributed by atoms with Crippen molar-refractivity contribution in [3.63, 3.8) is 0 Å². The zero-order chi connectivity index (χ0) is 23.8. The van der Waals surface area contributed by atoms with E-state index in [2.05, 4.69) is 5.32 Å². The lowest BCUT2D eigenvalue weighted by atomic mass is 9.97. The molecule has 1 aromatic rings. The van der Waals surface area contributed by atoms with Crippen molar-refractivity contribution in [3.8, 4) is 5.75 Å². The zero-order valence-electron chi connectivity index (χ0n) is 18.5. The van der Waals surface area contributed by atoms with E-state index in [1.165, 1.54) is 21.0 Å². The SMILES string of the molecule is COc1ccc(N[C@H]2O[C@H](COC(C)=O)[C@@H](OC(C)=O)[C@H](OC(C)=O)[C@H]2OC(C)=O)cc1. The fraction of sp³-hybridized carbons (Fsp3) is 0.524. The van der Waals surface area contributed by atoms with E-state index in [1.54, 1.807) is 24.3 Å². The predicted octanol–water partition coefficient (Wildman–Crippen LogP) is 1.19. The summed E-state index contributed by atoms with van der Waals surface area (Å²) >= 11 is 0. The van der Waals surface area contributed by atoms with Gasteiger partial charge in [-0.2, -0.15) is 0 Å². The lowest BCUT2D eigenvalue weighted by Crippen LogP contribution is -2.64. The molecule has 1 heterocycles. The van der Waals surface area contributed by atoms with Crippen molar-refractivity contribution in [3.05, 3.63) is 24.3 Å². The number of carbonyl (C=O) groups excluding carboxylic acids is 4. The fourth-order valence-electron chi connectivity index (χ4n) is 3.20. The Morgan fingerprint density at radius 3 is 1.84 bits per heavy atom. The molecule has 0 aliphatic carbocycles. The molecule has 1 aromatic carbocycles. The first-order chi connectivity index (χ1) is 15.1. The van der Waals surface area contributed by atoms with Gasteiger partial charge in [-0.3, -0.25) is 19.2 Å². The number of methoxy groups -OCH3 is 1. The first-order valence-electron chi connectivity index (χ1n) is 9.81. The van der Waals surface area contributed by atoms with Crippen LogP contribution in [0.2, 0.25) is 0 Å². The van der Waals surface area contributed by atoms with Crippen molar-refractivity contribution in [1.29, 1.82) is 0 Å². The number of hydrogen-bond acceptors (Lipinski definition) is 11. The molecule has 0 spiro atoms. The Labute approximate surface area is 185 Å². The highest BCUT2D eigenvalue weighted by Crippen LogP contribution is 2.30. The Morgan fingerprint density at radius 2 is 1.34 bits per heavy atom. The van der Waals surface area contributed by atoms with E-state index in [-0.39, 0.29) is 6.61 Å². The lowest BCUT2D eigenvalue weighted by Gasteiger charge is -2.44. The molecule has 0 unspecified atom stereocenters. The molecule has 5 atom stereocenters. The van der Waals surface area contributed by atoms with Crippen molar-refractivity contribution in [2.24, 2.45) is 0 Å².